The normalized spacial score (nSPS) is 11.6. The largest absolute Gasteiger partial charge is 0.459 e. The number of rotatable bonds is 6. The lowest BCUT2D eigenvalue weighted by molar-refractivity contribution is 0.319. The zero-order chi connectivity index (χ0) is 14.7. The van der Waals surface area contributed by atoms with Crippen molar-refractivity contribution in [1.29, 1.82) is 0 Å². The molecule has 0 bridgehead atoms. The summed E-state index contributed by atoms with van der Waals surface area (Å²) in [6, 6.07) is 12.6. The Bertz CT molecular complexity index is 703. The minimum absolute atomic E-state index is 0.761. The van der Waals surface area contributed by atoms with Gasteiger partial charge in [0.2, 0.25) is 0 Å². The van der Waals surface area contributed by atoms with Crippen LogP contribution in [-0.2, 0) is 19.6 Å². The lowest BCUT2D eigenvalue weighted by Crippen LogP contribution is -2.18. The topological polar surface area (TPSA) is 28.4 Å². The second-order valence-electron chi connectivity index (χ2n) is 5.28. The molecule has 0 unspecified atom stereocenters. The highest BCUT2D eigenvalue weighted by Crippen LogP contribution is 2.27. The number of furan rings is 1. The van der Waals surface area contributed by atoms with Crippen molar-refractivity contribution < 1.29 is 4.42 Å². The maximum absolute atomic E-state index is 5.99. The van der Waals surface area contributed by atoms with Gasteiger partial charge in [0.15, 0.2) is 0 Å². The molecule has 0 amide bonds. The molecule has 0 saturated heterocycles. The average Bonchev–Trinajstić information content (AvgIpc) is 3.08. The third-order valence-corrected chi connectivity index (χ3v) is 4.41. The van der Waals surface area contributed by atoms with Crippen LogP contribution in [-0.4, -0.2) is 19.0 Å². The number of nitrogens with one attached hydrogen (secondary N) is 1. The van der Waals surface area contributed by atoms with Gasteiger partial charge in [-0.15, -0.1) is 11.3 Å². The van der Waals surface area contributed by atoms with Crippen molar-refractivity contribution in [2.24, 2.45) is 0 Å². The number of fused-ring (bicyclic) bond motifs is 1. The fraction of sp³-hybridized carbons (Fsp3) is 0.294. The molecule has 0 radical (unpaired) electrons. The lowest BCUT2D eigenvalue weighted by atomic mass is 10.1. The maximum Gasteiger partial charge on any atom is 0.134 e. The molecule has 0 saturated carbocycles. The highest BCUT2D eigenvalue weighted by atomic mass is 32.1. The minimum atomic E-state index is 0.761. The second-order valence-corrected chi connectivity index (χ2v) is 6.31. The summed E-state index contributed by atoms with van der Waals surface area (Å²) in [6.45, 7) is 2.62. The molecule has 0 atom stereocenters. The van der Waals surface area contributed by atoms with E-state index in [9.17, 15) is 0 Å². The SMILES string of the molecule is CNCc1oc2ccccc2c1CN(C)Cc1cccs1. The summed E-state index contributed by atoms with van der Waals surface area (Å²) in [7, 11) is 4.11. The Balaban J connectivity index is 1.85. The Kier molecular flexibility index (Phi) is 4.39. The van der Waals surface area contributed by atoms with Crippen molar-refractivity contribution in [3.05, 3.63) is 58.0 Å². The first-order chi connectivity index (χ1) is 10.3. The Morgan fingerprint density at radius 3 is 2.76 bits per heavy atom. The molecule has 110 valence electrons. The predicted molar refractivity (Wildman–Crippen MR) is 88.5 cm³/mol. The van der Waals surface area contributed by atoms with E-state index in [1.54, 1.807) is 11.3 Å². The van der Waals surface area contributed by atoms with Crippen LogP contribution in [0.15, 0.2) is 46.2 Å². The van der Waals surface area contributed by atoms with Crippen molar-refractivity contribution >= 4 is 22.3 Å². The molecule has 0 aliphatic heterocycles. The zero-order valence-corrected chi connectivity index (χ0v) is 13.2. The Morgan fingerprint density at radius 1 is 1.14 bits per heavy atom. The molecule has 3 rings (SSSR count). The molecule has 1 N–H and O–H groups in total. The van der Waals surface area contributed by atoms with Crippen LogP contribution in [0.1, 0.15) is 16.2 Å². The number of benzene rings is 1. The number of nitrogens with zero attached hydrogens (tertiary/aromatic N) is 1. The van der Waals surface area contributed by atoms with E-state index < -0.39 is 0 Å². The van der Waals surface area contributed by atoms with Crippen molar-refractivity contribution in [2.45, 2.75) is 19.6 Å². The van der Waals surface area contributed by atoms with Gasteiger partial charge in [-0.05, 0) is 31.6 Å². The summed E-state index contributed by atoms with van der Waals surface area (Å²) in [6.07, 6.45) is 0. The number of thiophene rings is 1. The van der Waals surface area contributed by atoms with Crippen LogP contribution in [0.25, 0.3) is 11.0 Å². The van der Waals surface area contributed by atoms with Gasteiger partial charge in [0.05, 0.1) is 6.54 Å². The summed E-state index contributed by atoms with van der Waals surface area (Å²) in [4.78, 5) is 3.72. The van der Waals surface area contributed by atoms with Crippen LogP contribution in [0.3, 0.4) is 0 Å². The average molecular weight is 300 g/mol. The van der Waals surface area contributed by atoms with Crippen molar-refractivity contribution in [3.63, 3.8) is 0 Å². The lowest BCUT2D eigenvalue weighted by Gasteiger charge is -2.16. The first-order valence-electron chi connectivity index (χ1n) is 7.12. The highest BCUT2D eigenvalue weighted by Gasteiger charge is 2.15. The maximum atomic E-state index is 5.99. The molecule has 2 heterocycles. The van der Waals surface area contributed by atoms with E-state index >= 15 is 0 Å². The number of para-hydroxylation sites is 1. The van der Waals surface area contributed by atoms with Gasteiger partial charge in [-0.1, -0.05) is 24.3 Å². The van der Waals surface area contributed by atoms with Gasteiger partial charge in [0.1, 0.15) is 11.3 Å². The summed E-state index contributed by atoms with van der Waals surface area (Å²) >= 11 is 1.80. The number of hydrogen-bond donors (Lipinski definition) is 1. The van der Waals surface area contributed by atoms with Crippen molar-refractivity contribution in [3.8, 4) is 0 Å². The Hall–Kier alpha value is -1.62. The van der Waals surface area contributed by atoms with E-state index in [2.05, 4.69) is 46.9 Å². The third-order valence-electron chi connectivity index (χ3n) is 3.55. The first-order valence-corrected chi connectivity index (χ1v) is 8.00. The third kappa shape index (κ3) is 3.18. The van der Waals surface area contributed by atoms with E-state index in [1.165, 1.54) is 15.8 Å². The predicted octanol–water partition coefficient (Wildman–Crippen LogP) is 3.85. The van der Waals surface area contributed by atoms with E-state index in [0.717, 1.165) is 31.0 Å². The molecule has 3 aromatic rings. The summed E-state index contributed by atoms with van der Waals surface area (Å²) in [5, 5.41) is 6.54. The summed E-state index contributed by atoms with van der Waals surface area (Å²) < 4.78 is 5.99. The first kappa shape index (κ1) is 14.3. The van der Waals surface area contributed by atoms with E-state index in [0.29, 0.717) is 0 Å². The van der Waals surface area contributed by atoms with E-state index in [-0.39, 0.29) is 0 Å². The van der Waals surface area contributed by atoms with Gasteiger partial charge in [-0.25, -0.2) is 0 Å². The standard InChI is InChI=1S/C17H20N2OS/c1-18-10-17-15(14-7-3-4-8-16(14)20-17)12-19(2)11-13-6-5-9-21-13/h3-9,18H,10-12H2,1-2H3. The molecule has 2 aromatic heterocycles. The van der Waals surface area contributed by atoms with Crippen LogP contribution in [0.2, 0.25) is 0 Å². The van der Waals surface area contributed by atoms with Crippen molar-refractivity contribution in [1.82, 2.24) is 10.2 Å². The van der Waals surface area contributed by atoms with E-state index in [4.69, 9.17) is 4.42 Å². The van der Waals surface area contributed by atoms with Gasteiger partial charge in [-0.2, -0.15) is 0 Å². The molecule has 4 heteroatoms. The van der Waals surface area contributed by atoms with Gasteiger partial charge in [-0.3, -0.25) is 4.90 Å². The minimum Gasteiger partial charge on any atom is -0.459 e. The van der Waals surface area contributed by atoms with Crippen LogP contribution in [0.5, 0.6) is 0 Å². The highest BCUT2D eigenvalue weighted by molar-refractivity contribution is 7.09. The molecule has 0 aliphatic rings. The van der Waals surface area contributed by atoms with Gasteiger partial charge in [0, 0.05) is 28.9 Å². The molecular formula is C17H20N2OS. The zero-order valence-electron chi connectivity index (χ0n) is 12.4. The van der Waals surface area contributed by atoms with Gasteiger partial charge >= 0.3 is 0 Å². The number of hydrogen-bond acceptors (Lipinski definition) is 4. The monoisotopic (exact) mass is 300 g/mol. The Labute approximate surface area is 129 Å². The fourth-order valence-electron chi connectivity index (χ4n) is 2.62. The van der Waals surface area contributed by atoms with Crippen LogP contribution >= 0.6 is 11.3 Å². The smallest absolute Gasteiger partial charge is 0.134 e. The van der Waals surface area contributed by atoms with Gasteiger partial charge in [0.25, 0.3) is 0 Å². The molecular weight excluding hydrogens is 280 g/mol. The summed E-state index contributed by atoms with van der Waals surface area (Å²) in [5.41, 5.74) is 2.27. The Morgan fingerprint density at radius 2 is 2.00 bits per heavy atom. The summed E-state index contributed by atoms with van der Waals surface area (Å²) in [5.74, 6) is 1.04. The molecule has 21 heavy (non-hydrogen) atoms. The van der Waals surface area contributed by atoms with Gasteiger partial charge < -0.3 is 9.73 Å². The molecule has 1 aromatic carbocycles. The van der Waals surface area contributed by atoms with E-state index in [1.807, 2.05) is 19.2 Å². The second kappa shape index (κ2) is 6.43. The molecule has 0 spiro atoms. The quantitative estimate of drug-likeness (QED) is 0.749. The molecule has 0 fully saturated rings. The van der Waals surface area contributed by atoms with Crippen molar-refractivity contribution in [2.75, 3.05) is 14.1 Å². The molecule has 0 aliphatic carbocycles. The van der Waals surface area contributed by atoms with Crippen LogP contribution in [0, 0.1) is 0 Å². The van der Waals surface area contributed by atoms with Crippen LogP contribution < -0.4 is 5.32 Å². The van der Waals surface area contributed by atoms with Crippen LogP contribution in [0.4, 0.5) is 0 Å². The fourth-order valence-corrected chi connectivity index (χ4v) is 3.40. The molecule has 3 nitrogen and oxygen atoms in total.